The smallest absolute Gasteiger partial charge is 0.229 e. The second-order valence-corrected chi connectivity index (χ2v) is 4.17. The van der Waals surface area contributed by atoms with Gasteiger partial charge < -0.3 is 11.1 Å². The van der Waals surface area contributed by atoms with Crippen LogP contribution in [0.5, 0.6) is 0 Å². The van der Waals surface area contributed by atoms with Crippen molar-refractivity contribution in [2.75, 3.05) is 11.9 Å². The van der Waals surface area contributed by atoms with Crippen molar-refractivity contribution in [2.45, 2.75) is 20.3 Å². The molecule has 1 aliphatic heterocycles. The number of hydrogen-bond acceptors (Lipinski definition) is 2. The Balaban J connectivity index is 2.45. The number of rotatable bonds is 1. The zero-order valence-corrected chi connectivity index (χ0v) is 9.13. The predicted molar refractivity (Wildman–Crippen MR) is 60.8 cm³/mol. The number of aryl methyl sites for hydroxylation is 1. The number of benzene rings is 1. The van der Waals surface area contributed by atoms with Crippen molar-refractivity contribution in [1.29, 1.82) is 0 Å². The Labute approximate surface area is 89.7 Å². The van der Waals surface area contributed by atoms with Crippen molar-refractivity contribution in [3.63, 3.8) is 0 Å². The molecule has 0 fully saturated rings. The summed E-state index contributed by atoms with van der Waals surface area (Å²) in [6.07, 6.45) is 0.763. The molecule has 3 N–H and O–H groups in total. The molecule has 0 aromatic heterocycles. The second kappa shape index (κ2) is 3.66. The van der Waals surface area contributed by atoms with Gasteiger partial charge in [-0.15, -0.1) is 0 Å². The molecular weight excluding hydrogens is 188 g/mol. The molecule has 0 aliphatic carbocycles. The quantitative estimate of drug-likeness (QED) is 0.726. The molecule has 1 aromatic carbocycles. The first-order valence-electron chi connectivity index (χ1n) is 5.23. The van der Waals surface area contributed by atoms with E-state index in [1.807, 2.05) is 6.92 Å². The van der Waals surface area contributed by atoms with Gasteiger partial charge in [-0.1, -0.05) is 12.1 Å². The van der Waals surface area contributed by atoms with Gasteiger partial charge in [0.2, 0.25) is 5.91 Å². The maximum absolute atomic E-state index is 11.7. The van der Waals surface area contributed by atoms with E-state index in [4.69, 9.17) is 5.73 Å². The van der Waals surface area contributed by atoms with E-state index in [2.05, 4.69) is 24.4 Å². The molecule has 0 bridgehead atoms. The van der Waals surface area contributed by atoms with Gasteiger partial charge in [0.25, 0.3) is 0 Å². The van der Waals surface area contributed by atoms with Crippen molar-refractivity contribution >= 4 is 11.6 Å². The number of carbonyl (C=O) groups excluding carboxylic acids is 1. The van der Waals surface area contributed by atoms with Gasteiger partial charge in [0.05, 0.1) is 5.92 Å². The molecular formula is C12H16N2O. The van der Waals surface area contributed by atoms with E-state index in [-0.39, 0.29) is 11.8 Å². The molecule has 3 nitrogen and oxygen atoms in total. The molecule has 2 rings (SSSR count). The molecule has 1 aliphatic rings. The third-order valence-electron chi connectivity index (χ3n) is 3.19. The standard InChI is InChI=1S/C12H16N2O/c1-7-3-4-9-5-10(6-13)12(15)14-11(9)8(7)2/h3-4,10H,5-6,13H2,1-2H3,(H,14,15). The largest absolute Gasteiger partial charge is 0.330 e. The fourth-order valence-corrected chi connectivity index (χ4v) is 1.99. The fourth-order valence-electron chi connectivity index (χ4n) is 1.99. The maximum Gasteiger partial charge on any atom is 0.229 e. The predicted octanol–water partition coefficient (Wildman–Crippen LogP) is 1.37. The van der Waals surface area contributed by atoms with Gasteiger partial charge >= 0.3 is 0 Å². The number of anilines is 1. The summed E-state index contributed by atoms with van der Waals surface area (Å²) in [5, 5.41) is 2.95. The number of hydrogen-bond donors (Lipinski definition) is 2. The van der Waals surface area contributed by atoms with Crippen LogP contribution < -0.4 is 11.1 Å². The minimum absolute atomic E-state index is 0.0544. The summed E-state index contributed by atoms with van der Waals surface area (Å²) in [4.78, 5) is 11.7. The van der Waals surface area contributed by atoms with Crippen LogP contribution in [0.1, 0.15) is 16.7 Å². The zero-order chi connectivity index (χ0) is 11.0. The average Bonchev–Trinajstić information content (AvgIpc) is 2.24. The summed E-state index contributed by atoms with van der Waals surface area (Å²) in [5.41, 5.74) is 10.1. The van der Waals surface area contributed by atoms with Gasteiger partial charge in [-0.25, -0.2) is 0 Å². The van der Waals surface area contributed by atoms with Crippen LogP contribution in [0.3, 0.4) is 0 Å². The summed E-state index contributed by atoms with van der Waals surface area (Å²) in [7, 11) is 0. The third-order valence-corrected chi connectivity index (χ3v) is 3.19. The Morgan fingerprint density at radius 2 is 2.20 bits per heavy atom. The van der Waals surface area contributed by atoms with E-state index >= 15 is 0 Å². The maximum atomic E-state index is 11.7. The van der Waals surface area contributed by atoms with Crippen LogP contribution in [0, 0.1) is 19.8 Å². The lowest BCUT2D eigenvalue weighted by atomic mass is 9.90. The van der Waals surface area contributed by atoms with Crippen molar-refractivity contribution in [1.82, 2.24) is 0 Å². The molecule has 15 heavy (non-hydrogen) atoms. The Morgan fingerprint density at radius 1 is 1.47 bits per heavy atom. The molecule has 0 saturated carbocycles. The highest BCUT2D eigenvalue weighted by Crippen LogP contribution is 2.30. The molecule has 1 heterocycles. The topological polar surface area (TPSA) is 55.1 Å². The average molecular weight is 204 g/mol. The second-order valence-electron chi connectivity index (χ2n) is 4.17. The molecule has 0 saturated heterocycles. The zero-order valence-electron chi connectivity index (χ0n) is 9.13. The number of fused-ring (bicyclic) bond motifs is 1. The van der Waals surface area contributed by atoms with Crippen LogP contribution >= 0.6 is 0 Å². The van der Waals surface area contributed by atoms with E-state index in [1.54, 1.807) is 0 Å². The molecule has 0 spiro atoms. The van der Waals surface area contributed by atoms with Crippen molar-refractivity contribution in [3.8, 4) is 0 Å². The van der Waals surface area contributed by atoms with E-state index in [0.717, 1.165) is 17.7 Å². The first kappa shape index (κ1) is 10.2. The van der Waals surface area contributed by atoms with Crippen LogP contribution in [0.25, 0.3) is 0 Å². The van der Waals surface area contributed by atoms with Gasteiger partial charge in [0.1, 0.15) is 0 Å². The lowest BCUT2D eigenvalue weighted by Crippen LogP contribution is -2.35. The molecule has 3 heteroatoms. The normalized spacial score (nSPS) is 19.7. The number of nitrogens with two attached hydrogens (primary N) is 1. The summed E-state index contributed by atoms with van der Waals surface area (Å²) in [6, 6.07) is 4.18. The lowest BCUT2D eigenvalue weighted by Gasteiger charge is -2.25. The van der Waals surface area contributed by atoms with Gasteiger partial charge in [-0.2, -0.15) is 0 Å². The first-order valence-corrected chi connectivity index (χ1v) is 5.23. The lowest BCUT2D eigenvalue weighted by molar-refractivity contribution is -0.119. The van der Waals surface area contributed by atoms with Crippen LogP contribution in [-0.4, -0.2) is 12.5 Å². The number of nitrogens with one attached hydrogen (secondary N) is 1. The number of amides is 1. The molecule has 0 radical (unpaired) electrons. The van der Waals surface area contributed by atoms with Crippen LogP contribution in [0.2, 0.25) is 0 Å². The Kier molecular flexibility index (Phi) is 2.49. The van der Waals surface area contributed by atoms with Crippen LogP contribution in [-0.2, 0) is 11.2 Å². The minimum Gasteiger partial charge on any atom is -0.330 e. The summed E-state index contributed by atoms with van der Waals surface area (Å²) >= 11 is 0. The summed E-state index contributed by atoms with van der Waals surface area (Å²) in [6.45, 7) is 4.51. The van der Waals surface area contributed by atoms with Crippen molar-refractivity contribution in [2.24, 2.45) is 11.7 Å². The van der Waals surface area contributed by atoms with Gasteiger partial charge in [0.15, 0.2) is 0 Å². The van der Waals surface area contributed by atoms with Crippen molar-refractivity contribution < 1.29 is 4.79 Å². The highest BCUT2D eigenvalue weighted by molar-refractivity contribution is 5.96. The summed E-state index contributed by atoms with van der Waals surface area (Å²) in [5.74, 6) is -0.0155. The van der Waals surface area contributed by atoms with Crippen molar-refractivity contribution in [3.05, 3.63) is 28.8 Å². The first-order chi connectivity index (χ1) is 7.13. The monoisotopic (exact) mass is 204 g/mol. The van der Waals surface area contributed by atoms with E-state index in [9.17, 15) is 4.79 Å². The molecule has 1 unspecified atom stereocenters. The van der Waals surface area contributed by atoms with Gasteiger partial charge in [0, 0.05) is 12.2 Å². The minimum atomic E-state index is -0.0698. The molecule has 1 aromatic rings. The summed E-state index contributed by atoms with van der Waals surface area (Å²) < 4.78 is 0. The highest BCUT2D eigenvalue weighted by Gasteiger charge is 2.25. The molecule has 80 valence electrons. The van der Waals surface area contributed by atoms with Gasteiger partial charge in [-0.3, -0.25) is 4.79 Å². The van der Waals surface area contributed by atoms with E-state index < -0.39 is 0 Å². The Hall–Kier alpha value is -1.35. The molecule has 1 atom stereocenters. The third kappa shape index (κ3) is 1.63. The Morgan fingerprint density at radius 3 is 2.87 bits per heavy atom. The fraction of sp³-hybridized carbons (Fsp3) is 0.417. The van der Waals surface area contributed by atoms with Crippen LogP contribution in [0.15, 0.2) is 12.1 Å². The van der Waals surface area contributed by atoms with Crippen LogP contribution in [0.4, 0.5) is 5.69 Å². The highest BCUT2D eigenvalue weighted by atomic mass is 16.1. The molecule has 1 amide bonds. The van der Waals surface area contributed by atoms with E-state index in [0.29, 0.717) is 6.54 Å². The SMILES string of the molecule is Cc1ccc2c(c1C)NC(=O)C(CN)C2. The van der Waals surface area contributed by atoms with E-state index in [1.165, 1.54) is 11.1 Å². The van der Waals surface area contributed by atoms with Gasteiger partial charge in [-0.05, 0) is 37.0 Å². The number of carbonyl (C=O) groups is 1. The Bertz CT molecular complexity index is 412.